The van der Waals surface area contributed by atoms with E-state index >= 15 is 0 Å². The van der Waals surface area contributed by atoms with Crippen molar-refractivity contribution < 1.29 is 14.6 Å². The number of carboxylic acids is 1. The van der Waals surface area contributed by atoms with E-state index in [4.69, 9.17) is 21.4 Å². The molecule has 2 saturated heterocycles. The van der Waals surface area contributed by atoms with Gasteiger partial charge in [0.05, 0.1) is 5.92 Å². The summed E-state index contributed by atoms with van der Waals surface area (Å²) in [4.78, 5) is 12.7. The molecule has 0 unspecified atom stereocenters. The van der Waals surface area contributed by atoms with Crippen LogP contribution in [0.5, 0.6) is 0 Å². The minimum absolute atomic E-state index is 0. The summed E-state index contributed by atoms with van der Waals surface area (Å²) < 4.78 is 4.99. The van der Waals surface area contributed by atoms with Crippen molar-refractivity contribution in [2.75, 3.05) is 44.3 Å². The summed E-state index contributed by atoms with van der Waals surface area (Å²) >= 11 is 5.82. The van der Waals surface area contributed by atoms with E-state index in [1.807, 2.05) is 12.1 Å². The van der Waals surface area contributed by atoms with Crippen molar-refractivity contribution in [3.63, 3.8) is 0 Å². The monoisotopic (exact) mass is 398 g/mol. The third-order valence-electron chi connectivity index (χ3n) is 3.88. The number of carboxylic acid groups (broad SMARTS) is 1. The number of benzene rings is 1. The number of carbonyl (C=O) groups is 1. The number of nitrogens with zero attached hydrogens (tertiary/aromatic N) is 1. The van der Waals surface area contributed by atoms with E-state index in [1.54, 1.807) is 0 Å². The lowest BCUT2D eigenvalue weighted by Crippen LogP contribution is -2.43. The molecule has 2 N–H and O–H groups in total. The van der Waals surface area contributed by atoms with Gasteiger partial charge in [-0.25, -0.2) is 0 Å². The van der Waals surface area contributed by atoms with Gasteiger partial charge in [-0.1, -0.05) is 11.6 Å². The van der Waals surface area contributed by atoms with Crippen LogP contribution < -0.4 is 10.2 Å². The van der Waals surface area contributed by atoms with E-state index in [2.05, 4.69) is 22.3 Å². The topological polar surface area (TPSA) is 61.8 Å². The summed E-state index contributed by atoms with van der Waals surface area (Å²) in [5.74, 6) is -0.836. The molecule has 2 heterocycles. The maximum absolute atomic E-state index is 10.3. The fourth-order valence-electron chi connectivity index (χ4n) is 2.52. The van der Waals surface area contributed by atoms with Gasteiger partial charge in [-0.3, -0.25) is 4.79 Å². The molecule has 1 aromatic carbocycles. The normalized spacial score (nSPS) is 17.6. The Morgan fingerprint density at radius 3 is 2.12 bits per heavy atom. The molecule has 5 nitrogen and oxygen atoms in total. The molecule has 0 atom stereocenters. The van der Waals surface area contributed by atoms with Crippen molar-refractivity contribution in [1.82, 2.24) is 5.32 Å². The quantitative estimate of drug-likeness (QED) is 0.800. The van der Waals surface area contributed by atoms with Crippen molar-refractivity contribution >= 4 is 48.1 Å². The third-order valence-corrected chi connectivity index (χ3v) is 4.13. The smallest absolute Gasteiger partial charge is 0.306 e. The SMILES string of the molecule is Cl.Cl.Clc1ccc(N2CCNCC2)cc1.O=C(O)C1CCOCC1. The fraction of sp³-hybridized carbons (Fsp3) is 0.562. The first kappa shape index (κ1) is 23.3. The highest BCUT2D eigenvalue weighted by Gasteiger charge is 2.19. The van der Waals surface area contributed by atoms with Gasteiger partial charge in [0.2, 0.25) is 0 Å². The first-order valence-corrected chi connectivity index (χ1v) is 8.06. The third kappa shape index (κ3) is 7.90. The zero-order valence-electron chi connectivity index (χ0n) is 13.4. The van der Waals surface area contributed by atoms with Gasteiger partial charge in [-0.05, 0) is 37.1 Å². The Morgan fingerprint density at radius 1 is 1.12 bits per heavy atom. The van der Waals surface area contributed by atoms with Gasteiger partial charge in [0.25, 0.3) is 0 Å². The largest absolute Gasteiger partial charge is 0.481 e. The van der Waals surface area contributed by atoms with Crippen molar-refractivity contribution in [1.29, 1.82) is 0 Å². The summed E-state index contributed by atoms with van der Waals surface area (Å²) in [5, 5.41) is 12.6. The van der Waals surface area contributed by atoms with Crippen LogP contribution >= 0.6 is 36.4 Å². The van der Waals surface area contributed by atoms with Crippen molar-refractivity contribution in [3.8, 4) is 0 Å². The molecule has 138 valence electrons. The average Bonchev–Trinajstić information content (AvgIpc) is 2.58. The first-order chi connectivity index (χ1) is 10.7. The van der Waals surface area contributed by atoms with Gasteiger partial charge in [0, 0.05) is 50.1 Å². The predicted octanol–water partition coefficient (Wildman–Crippen LogP) is 3.09. The second kappa shape index (κ2) is 12.6. The van der Waals surface area contributed by atoms with Gasteiger partial charge in [0.1, 0.15) is 0 Å². The molecular formula is C16H25Cl3N2O3. The zero-order valence-corrected chi connectivity index (χ0v) is 15.8. The maximum atomic E-state index is 10.3. The van der Waals surface area contributed by atoms with Crippen molar-refractivity contribution in [3.05, 3.63) is 29.3 Å². The molecule has 0 saturated carbocycles. The molecule has 0 amide bonds. The number of nitrogens with one attached hydrogen (secondary N) is 1. The molecule has 0 aromatic heterocycles. The number of hydrogen-bond acceptors (Lipinski definition) is 4. The van der Waals surface area contributed by atoms with E-state index < -0.39 is 5.97 Å². The molecule has 8 heteroatoms. The fourth-order valence-corrected chi connectivity index (χ4v) is 2.65. The van der Waals surface area contributed by atoms with E-state index in [0.29, 0.717) is 26.1 Å². The second-order valence-corrected chi connectivity index (χ2v) is 5.87. The van der Waals surface area contributed by atoms with Crippen LogP contribution in [0, 0.1) is 5.92 Å². The van der Waals surface area contributed by atoms with Gasteiger partial charge >= 0.3 is 5.97 Å². The van der Waals surface area contributed by atoms with Crippen LogP contribution in [0.4, 0.5) is 5.69 Å². The number of anilines is 1. The van der Waals surface area contributed by atoms with Crippen molar-refractivity contribution in [2.24, 2.45) is 5.92 Å². The molecule has 0 spiro atoms. The Balaban J connectivity index is 0.000000431. The van der Waals surface area contributed by atoms with Crippen LogP contribution in [0.3, 0.4) is 0 Å². The van der Waals surface area contributed by atoms with Crippen LogP contribution in [0.1, 0.15) is 12.8 Å². The lowest BCUT2D eigenvalue weighted by molar-refractivity contribution is -0.144. The van der Waals surface area contributed by atoms with Crippen LogP contribution in [-0.4, -0.2) is 50.5 Å². The lowest BCUT2D eigenvalue weighted by atomic mass is 10.0. The molecule has 3 rings (SSSR count). The molecule has 0 radical (unpaired) electrons. The Hall–Kier alpha value is -0.720. The van der Waals surface area contributed by atoms with Crippen LogP contribution in [0.25, 0.3) is 0 Å². The van der Waals surface area contributed by atoms with Gasteiger partial charge in [-0.2, -0.15) is 0 Å². The van der Waals surface area contributed by atoms with E-state index in [0.717, 1.165) is 31.2 Å². The molecular weight excluding hydrogens is 375 g/mol. The average molecular weight is 400 g/mol. The van der Waals surface area contributed by atoms with Gasteiger partial charge in [-0.15, -0.1) is 24.8 Å². The van der Waals surface area contributed by atoms with E-state index in [1.165, 1.54) is 5.69 Å². The molecule has 2 fully saturated rings. The summed E-state index contributed by atoms with van der Waals surface area (Å²) in [6, 6.07) is 8.04. The van der Waals surface area contributed by atoms with Crippen LogP contribution in [0.2, 0.25) is 5.02 Å². The Labute approximate surface area is 160 Å². The van der Waals surface area contributed by atoms with Crippen molar-refractivity contribution in [2.45, 2.75) is 12.8 Å². The highest BCUT2D eigenvalue weighted by Crippen LogP contribution is 2.18. The van der Waals surface area contributed by atoms with Crippen LogP contribution in [-0.2, 0) is 9.53 Å². The maximum Gasteiger partial charge on any atom is 0.306 e. The Kier molecular flexibility index (Phi) is 12.2. The Morgan fingerprint density at radius 2 is 1.67 bits per heavy atom. The minimum Gasteiger partial charge on any atom is -0.481 e. The minimum atomic E-state index is -0.682. The van der Waals surface area contributed by atoms with Gasteiger partial charge in [0.15, 0.2) is 0 Å². The summed E-state index contributed by atoms with van der Waals surface area (Å²) in [7, 11) is 0. The lowest BCUT2D eigenvalue weighted by Gasteiger charge is -2.29. The highest BCUT2D eigenvalue weighted by molar-refractivity contribution is 6.30. The molecule has 2 aliphatic heterocycles. The van der Waals surface area contributed by atoms with Crippen LogP contribution in [0.15, 0.2) is 24.3 Å². The van der Waals surface area contributed by atoms with Gasteiger partial charge < -0.3 is 20.1 Å². The number of aliphatic carboxylic acids is 1. The molecule has 0 bridgehead atoms. The molecule has 2 aliphatic rings. The molecule has 0 aliphatic carbocycles. The zero-order chi connectivity index (χ0) is 15.8. The number of piperazine rings is 1. The summed E-state index contributed by atoms with van der Waals surface area (Å²) in [5.41, 5.74) is 1.27. The summed E-state index contributed by atoms with van der Waals surface area (Å²) in [6.45, 7) is 5.53. The predicted molar refractivity (Wildman–Crippen MR) is 102 cm³/mol. The van der Waals surface area contributed by atoms with E-state index in [9.17, 15) is 4.79 Å². The van der Waals surface area contributed by atoms with E-state index in [-0.39, 0.29) is 30.7 Å². The second-order valence-electron chi connectivity index (χ2n) is 5.44. The molecule has 1 aromatic rings. The highest BCUT2D eigenvalue weighted by atomic mass is 35.5. The number of halogens is 3. The standard InChI is InChI=1S/C10H13ClN2.C6H10O3.2ClH/c11-9-1-3-10(4-2-9)13-7-5-12-6-8-13;7-6(8)5-1-3-9-4-2-5;;/h1-4,12H,5-8H2;5H,1-4H2,(H,7,8);2*1H. The first-order valence-electron chi connectivity index (χ1n) is 7.68. The summed E-state index contributed by atoms with van der Waals surface area (Å²) in [6.07, 6.45) is 1.35. The Bertz CT molecular complexity index is 462. The number of rotatable bonds is 2. The number of ether oxygens (including phenoxy) is 1. The molecule has 24 heavy (non-hydrogen) atoms. The number of hydrogen-bond donors (Lipinski definition) is 2.